The van der Waals surface area contributed by atoms with Gasteiger partial charge in [0.1, 0.15) is 12.4 Å². The summed E-state index contributed by atoms with van der Waals surface area (Å²) in [4.78, 5) is 14.4. The van der Waals surface area contributed by atoms with Crippen LogP contribution in [0.2, 0.25) is 0 Å². The highest BCUT2D eigenvalue weighted by Crippen LogP contribution is 1.88. The largest absolute Gasteiger partial charge is 0.480 e. The Labute approximate surface area is 87.3 Å². The van der Waals surface area contributed by atoms with E-state index in [1.54, 1.807) is 18.1 Å². The van der Waals surface area contributed by atoms with E-state index in [-0.39, 0.29) is 6.54 Å². The van der Waals surface area contributed by atoms with Crippen molar-refractivity contribution in [2.24, 2.45) is 12.8 Å². The molecule has 0 aromatic carbocycles. The van der Waals surface area contributed by atoms with Gasteiger partial charge < -0.3 is 16.2 Å². The van der Waals surface area contributed by atoms with Crippen molar-refractivity contribution in [3.63, 3.8) is 0 Å². The summed E-state index contributed by atoms with van der Waals surface area (Å²) in [6.45, 7) is 0.868. The second-order valence-electron chi connectivity index (χ2n) is 3.23. The molecule has 1 rings (SSSR count). The molecule has 0 saturated carbocycles. The van der Waals surface area contributed by atoms with Crippen LogP contribution in [-0.2, 0) is 18.3 Å². The minimum Gasteiger partial charge on any atom is -0.480 e. The van der Waals surface area contributed by atoms with E-state index in [9.17, 15) is 4.79 Å². The predicted octanol–water partition coefficient (Wildman–Crippen LogP) is -1.64. The Kier molecular flexibility index (Phi) is 4.19. The van der Waals surface area contributed by atoms with Gasteiger partial charge in [-0.05, 0) is 0 Å². The predicted molar refractivity (Wildman–Crippen MR) is 53.2 cm³/mol. The van der Waals surface area contributed by atoms with E-state index in [1.807, 2.05) is 0 Å². The fraction of sp³-hybridized carbons (Fsp3) is 0.625. The van der Waals surface area contributed by atoms with Crippen molar-refractivity contribution in [3.05, 3.63) is 12.2 Å². The zero-order valence-corrected chi connectivity index (χ0v) is 8.55. The minimum atomic E-state index is -1.00. The SMILES string of the molecule is Cn1cnc(CCNCC(N)C(=O)O)n1. The maximum atomic E-state index is 10.4. The van der Waals surface area contributed by atoms with E-state index in [4.69, 9.17) is 10.8 Å². The summed E-state index contributed by atoms with van der Waals surface area (Å²) < 4.78 is 1.62. The van der Waals surface area contributed by atoms with Gasteiger partial charge in [-0.3, -0.25) is 9.48 Å². The highest BCUT2D eigenvalue weighted by Gasteiger charge is 2.09. The van der Waals surface area contributed by atoms with Crippen molar-refractivity contribution in [1.82, 2.24) is 20.1 Å². The summed E-state index contributed by atoms with van der Waals surface area (Å²) >= 11 is 0. The maximum absolute atomic E-state index is 10.4. The van der Waals surface area contributed by atoms with Crippen LogP contribution < -0.4 is 11.1 Å². The molecule has 0 amide bonds. The average molecular weight is 213 g/mol. The molecular formula is C8H15N5O2. The van der Waals surface area contributed by atoms with Crippen LogP contribution in [0.1, 0.15) is 5.82 Å². The quantitative estimate of drug-likeness (QED) is 0.489. The van der Waals surface area contributed by atoms with Crippen LogP contribution in [0, 0.1) is 0 Å². The molecule has 0 aliphatic carbocycles. The molecule has 0 bridgehead atoms. The maximum Gasteiger partial charge on any atom is 0.321 e. The smallest absolute Gasteiger partial charge is 0.321 e. The van der Waals surface area contributed by atoms with Crippen LogP contribution in [0.4, 0.5) is 0 Å². The number of hydrogen-bond acceptors (Lipinski definition) is 5. The number of nitrogens with two attached hydrogens (primary N) is 1. The first kappa shape index (κ1) is 11.6. The number of rotatable bonds is 6. The van der Waals surface area contributed by atoms with Crippen LogP contribution in [0.25, 0.3) is 0 Å². The molecule has 1 atom stereocenters. The van der Waals surface area contributed by atoms with E-state index in [0.29, 0.717) is 13.0 Å². The molecule has 1 aromatic heterocycles. The second kappa shape index (κ2) is 5.42. The second-order valence-corrected chi connectivity index (χ2v) is 3.23. The molecule has 0 fully saturated rings. The molecule has 4 N–H and O–H groups in total. The van der Waals surface area contributed by atoms with Gasteiger partial charge in [0, 0.05) is 26.6 Å². The molecular weight excluding hydrogens is 198 g/mol. The topological polar surface area (TPSA) is 106 Å². The standard InChI is InChI=1S/C8H15N5O2/c1-13-5-11-7(12-13)2-3-10-4-6(9)8(14)15/h5-6,10H,2-4,9H2,1H3,(H,14,15). The molecule has 84 valence electrons. The molecule has 7 nitrogen and oxygen atoms in total. The molecule has 15 heavy (non-hydrogen) atoms. The number of carboxylic acid groups (broad SMARTS) is 1. The lowest BCUT2D eigenvalue weighted by atomic mass is 10.3. The monoisotopic (exact) mass is 213 g/mol. The Bertz CT molecular complexity index is 325. The lowest BCUT2D eigenvalue weighted by molar-refractivity contribution is -0.138. The molecule has 0 aliphatic heterocycles. The number of aromatic nitrogens is 3. The molecule has 0 spiro atoms. The molecule has 0 aliphatic rings. The van der Waals surface area contributed by atoms with Crippen LogP contribution >= 0.6 is 0 Å². The first-order valence-electron chi connectivity index (χ1n) is 4.63. The first-order valence-corrected chi connectivity index (χ1v) is 4.63. The summed E-state index contributed by atoms with van der Waals surface area (Å²) in [5, 5.41) is 15.5. The normalized spacial score (nSPS) is 12.7. The van der Waals surface area contributed by atoms with Crippen LogP contribution in [0.15, 0.2) is 6.33 Å². The average Bonchev–Trinajstić information content (AvgIpc) is 2.58. The van der Waals surface area contributed by atoms with Gasteiger partial charge >= 0.3 is 5.97 Å². The fourth-order valence-electron chi connectivity index (χ4n) is 1.04. The molecule has 1 heterocycles. The zero-order valence-electron chi connectivity index (χ0n) is 8.55. The van der Waals surface area contributed by atoms with Crippen molar-refractivity contribution in [3.8, 4) is 0 Å². The summed E-state index contributed by atoms with van der Waals surface area (Å²) in [6, 6.07) is -0.860. The van der Waals surface area contributed by atoms with Crippen molar-refractivity contribution in [2.75, 3.05) is 13.1 Å². The van der Waals surface area contributed by atoms with Crippen molar-refractivity contribution in [1.29, 1.82) is 0 Å². The lowest BCUT2D eigenvalue weighted by Crippen LogP contribution is -2.40. The summed E-state index contributed by atoms with van der Waals surface area (Å²) in [6.07, 6.45) is 2.28. The summed E-state index contributed by atoms with van der Waals surface area (Å²) in [7, 11) is 1.80. The zero-order chi connectivity index (χ0) is 11.3. The van der Waals surface area contributed by atoms with Gasteiger partial charge in [-0.1, -0.05) is 0 Å². The number of carboxylic acids is 1. The van der Waals surface area contributed by atoms with Crippen molar-refractivity contribution >= 4 is 5.97 Å². The number of nitrogens with zero attached hydrogens (tertiary/aromatic N) is 3. The minimum absolute atomic E-state index is 0.252. The van der Waals surface area contributed by atoms with Gasteiger partial charge in [0.15, 0.2) is 5.82 Å². The Morgan fingerprint density at radius 2 is 2.53 bits per heavy atom. The molecule has 1 unspecified atom stereocenters. The Hall–Kier alpha value is -1.47. The Morgan fingerprint density at radius 1 is 1.80 bits per heavy atom. The summed E-state index contributed by atoms with van der Waals surface area (Å²) in [5.74, 6) is -0.271. The lowest BCUT2D eigenvalue weighted by Gasteiger charge is -2.06. The van der Waals surface area contributed by atoms with E-state index < -0.39 is 12.0 Å². The van der Waals surface area contributed by atoms with Gasteiger partial charge in [0.05, 0.1) is 0 Å². The van der Waals surface area contributed by atoms with E-state index >= 15 is 0 Å². The fourth-order valence-corrected chi connectivity index (χ4v) is 1.04. The van der Waals surface area contributed by atoms with E-state index in [0.717, 1.165) is 5.82 Å². The van der Waals surface area contributed by atoms with Crippen LogP contribution in [0.5, 0.6) is 0 Å². The van der Waals surface area contributed by atoms with Crippen molar-refractivity contribution < 1.29 is 9.90 Å². The molecule has 7 heteroatoms. The van der Waals surface area contributed by atoms with Gasteiger partial charge in [0.2, 0.25) is 0 Å². The Balaban J connectivity index is 2.14. The van der Waals surface area contributed by atoms with Crippen LogP contribution in [-0.4, -0.2) is 45.0 Å². The number of aryl methyl sites for hydroxylation is 1. The Morgan fingerprint density at radius 3 is 3.07 bits per heavy atom. The third-order valence-corrected chi connectivity index (χ3v) is 1.85. The third-order valence-electron chi connectivity index (χ3n) is 1.85. The number of carbonyl (C=O) groups is 1. The number of nitrogens with one attached hydrogen (secondary N) is 1. The van der Waals surface area contributed by atoms with Crippen molar-refractivity contribution in [2.45, 2.75) is 12.5 Å². The number of hydrogen-bond donors (Lipinski definition) is 3. The van der Waals surface area contributed by atoms with Gasteiger partial charge in [-0.15, -0.1) is 0 Å². The highest BCUT2D eigenvalue weighted by atomic mass is 16.4. The van der Waals surface area contributed by atoms with Crippen LogP contribution in [0.3, 0.4) is 0 Å². The van der Waals surface area contributed by atoms with E-state index in [2.05, 4.69) is 15.4 Å². The van der Waals surface area contributed by atoms with E-state index in [1.165, 1.54) is 0 Å². The number of aliphatic carboxylic acids is 1. The molecule has 0 radical (unpaired) electrons. The molecule has 1 aromatic rings. The van der Waals surface area contributed by atoms with Gasteiger partial charge in [0.25, 0.3) is 0 Å². The van der Waals surface area contributed by atoms with Gasteiger partial charge in [-0.2, -0.15) is 5.10 Å². The first-order chi connectivity index (χ1) is 7.09. The van der Waals surface area contributed by atoms with Gasteiger partial charge in [-0.25, -0.2) is 4.98 Å². The summed E-state index contributed by atoms with van der Waals surface area (Å²) in [5.41, 5.74) is 5.30. The highest BCUT2D eigenvalue weighted by molar-refractivity contribution is 5.73. The molecule has 0 saturated heterocycles. The third kappa shape index (κ3) is 4.05.